The number of hydrogen-bond donors (Lipinski definition) is 0. The molecule has 2 saturated carbocycles. The molecule has 2 heteroatoms. The lowest BCUT2D eigenvalue weighted by molar-refractivity contribution is 0.137. The molecular weight excluding hydrogens is 314 g/mol. The van der Waals surface area contributed by atoms with Crippen molar-refractivity contribution in [2.24, 2.45) is 23.7 Å². The molecule has 25 heavy (non-hydrogen) atoms. The Morgan fingerprint density at radius 1 is 0.840 bits per heavy atom. The molecule has 0 N–H and O–H groups in total. The van der Waals surface area contributed by atoms with Crippen LogP contribution in [0.5, 0.6) is 0 Å². The maximum absolute atomic E-state index is 13.5. The molecule has 2 aliphatic rings. The highest BCUT2D eigenvalue weighted by atomic mass is 19.1. The van der Waals surface area contributed by atoms with Crippen LogP contribution in [0, 0.1) is 35.3 Å². The van der Waals surface area contributed by atoms with Crippen molar-refractivity contribution in [1.29, 1.82) is 0 Å². The second-order valence-electron chi connectivity index (χ2n) is 8.74. The van der Waals surface area contributed by atoms with Crippen LogP contribution in [0.3, 0.4) is 0 Å². The zero-order chi connectivity index (χ0) is 17.8. The van der Waals surface area contributed by atoms with Crippen molar-refractivity contribution in [2.45, 2.75) is 84.0 Å². The van der Waals surface area contributed by atoms with Gasteiger partial charge in [0.1, 0.15) is 11.6 Å². The number of hydrogen-bond acceptors (Lipinski definition) is 0. The highest BCUT2D eigenvalue weighted by Crippen LogP contribution is 2.45. The van der Waals surface area contributed by atoms with Crippen LogP contribution >= 0.6 is 0 Å². The maximum Gasteiger partial charge on any atom is 0.126 e. The molecule has 1 aromatic rings. The van der Waals surface area contributed by atoms with Crippen LogP contribution in [0.1, 0.15) is 89.5 Å². The van der Waals surface area contributed by atoms with Gasteiger partial charge >= 0.3 is 0 Å². The van der Waals surface area contributed by atoms with Crippen LogP contribution in [-0.4, -0.2) is 0 Å². The lowest BCUT2D eigenvalue weighted by Gasteiger charge is -2.39. The predicted molar refractivity (Wildman–Crippen MR) is 101 cm³/mol. The van der Waals surface area contributed by atoms with E-state index in [0.29, 0.717) is 5.92 Å². The number of rotatable bonds is 5. The molecule has 0 bridgehead atoms. The van der Waals surface area contributed by atoms with Gasteiger partial charge in [-0.15, -0.1) is 0 Å². The zero-order valence-corrected chi connectivity index (χ0v) is 15.9. The van der Waals surface area contributed by atoms with E-state index in [1.807, 2.05) is 0 Å². The molecular formula is C23H34F2. The molecule has 3 rings (SSSR count). The van der Waals surface area contributed by atoms with Gasteiger partial charge in [-0.3, -0.25) is 0 Å². The first kappa shape index (κ1) is 18.9. The number of halogens is 2. The fraction of sp³-hybridized carbons (Fsp3) is 0.739. The van der Waals surface area contributed by atoms with Crippen molar-refractivity contribution in [1.82, 2.24) is 0 Å². The van der Waals surface area contributed by atoms with Gasteiger partial charge in [-0.25, -0.2) is 8.78 Å². The smallest absolute Gasteiger partial charge is 0.126 e. The number of benzene rings is 1. The highest BCUT2D eigenvalue weighted by molar-refractivity contribution is 5.22. The van der Waals surface area contributed by atoms with Crippen molar-refractivity contribution < 1.29 is 8.78 Å². The van der Waals surface area contributed by atoms with E-state index in [-0.39, 0.29) is 5.92 Å². The third kappa shape index (κ3) is 4.83. The van der Waals surface area contributed by atoms with E-state index in [9.17, 15) is 8.78 Å². The summed E-state index contributed by atoms with van der Waals surface area (Å²) >= 11 is 0. The van der Waals surface area contributed by atoms with Gasteiger partial charge in [-0.2, -0.15) is 0 Å². The lowest BCUT2D eigenvalue weighted by Crippen LogP contribution is -2.27. The fourth-order valence-corrected chi connectivity index (χ4v) is 5.58. The molecule has 1 aromatic carbocycles. The van der Waals surface area contributed by atoms with Gasteiger partial charge < -0.3 is 0 Å². The Morgan fingerprint density at radius 2 is 1.36 bits per heavy atom. The largest absolute Gasteiger partial charge is 0.207 e. The SMILES string of the molecule is CCCC1CCC(C2CCC(C(C)c3cc(F)cc(F)c3)CC2)CC1. The summed E-state index contributed by atoms with van der Waals surface area (Å²) in [5, 5.41) is 0. The minimum Gasteiger partial charge on any atom is -0.207 e. The summed E-state index contributed by atoms with van der Waals surface area (Å²) in [4.78, 5) is 0. The normalized spacial score (nSPS) is 31.7. The fourth-order valence-electron chi connectivity index (χ4n) is 5.58. The molecule has 1 atom stereocenters. The van der Waals surface area contributed by atoms with Gasteiger partial charge in [-0.1, -0.05) is 39.5 Å². The van der Waals surface area contributed by atoms with Gasteiger partial charge in [0.25, 0.3) is 0 Å². The predicted octanol–water partition coefficient (Wildman–Crippen LogP) is 7.48. The molecule has 0 radical (unpaired) electrons. The summed E-state index contributed by atoms with van der Waals surface area (Å²) in [5.41, 5.74) is 0.834. The third-order valence-electron chi connectivity index (χ3n) is 7.19. The minimum atomic E-state index is -0.445. The van der Waals surface area contributed by atoms with Crippen LogP contribution in [0.2, 0.25) is 0 Å². The van der Waals surface area contributed by atoms with Crippen LogP contribution in [-0.2, 0) is 0 Å². The van der Waals surface area contributed by atoms with E-state index in [1.165, 1.54) is 76.3 Å². The van der Waals surface area contributed by atoms with Gasteiger partial charge in [0.2, 0.25) is 0 Å². The molecule has 0 saturated heterocycles. The molecule has 0 amide bonds. The van der Waals surface area contributed by atoms with Crippen LogP contribution < -0.4 is 0 Å². The van der Waals surface area contributed by atoms with Crippen molar-refractivity contribution >= 4 is 0 Å². The van der Waals surface area contributed by atoms with Crippen molar-refractivity contribution in [3.8, 4) is 0 Å². The first-order valence-corrected chi connectivity index (χ1v) is 10.5. The van der Waals surface area contributed by atoms with Crippen molar-refractivity contribution in [2.75, 3.05) is 0 Å². The Balaban J connectivity index is 1.50. The van der Waals surface area contributed by atoms with E-state index < -0.39 is 11.6 Å². The Labute approximate surface area is 152 Å². The summed E-state index contributed by atoms with van der Waals surface area (Å²) in [6.45, 7) is 4.45. The maximum atomic E-state index is 13.5. The Hall–Kier alpha value is -0.920. The lowest BCUT2D eigenvalue weighted by atomic mass is 9.66. The van der Waals surface area contributed by atoms with Gasteiger partial charge in [-0.05, 0) is 85.8 Å². The van der Waals surface area contributed by atoms with Crippen LogP contribution in [0.25, 0.3) is 0 Å². The van der Waals surface area contributed by atoms with Crippen LogP contribution in [0.4, 0.5) is 8.78 Å². The standard InChI is InChI=1S/C23H34F2/c1-3-4-17-5-7-19(8-6-17)20-11-9-18(10-12-20)16(2)21-13-22(24)15-23(25)14-21/h13-20H,3-12H2,1-2H3. The molecule has 2 fully saturated rings. The molecule has 1 unspecified atom stereocenters. The summed E-state index contributed by atoms with van der Waals surface area (Å²) in [6, 6.07) is 4.02. The Bertz CT molecular complexity index is 517. The summed E-state index contributed by atoms with van der Waals surface area (Å²) in [7, 11) is 0. The topological polar surface area (TPSA) is 0 Å². The molecule has 140 valence electrons. The molecule has 0 heterocycles. The van der Waals surface area contributed by atoms with Crippen LogP contribution in [0.15, 0.2) is 18.2 Å². The summed E-state index contributed by atoms with van der Waals surface area (Å²) < 4.78 is 27.0. The summed E-state index contributed by atoms with van der Waals surface area (Å²) in [5.74, 6) is 2.77. The van der Waals surface area contributed by atoms with Gasteiger partial charge in [0, 0.05) is 6.07 Å². The zero-order valence-electron chi connectivity index (χ0n) is 15.9. The molecule has 0 aromatic heterocycles. The first-order valence-electron chi connectivity index (χ1n) is 10.5. The van der Waals surface area contributed by atoms with Crippen molar-refractivity contribution in [3.63, 3.8) is 0 Å². The van der Waals surface area contributed by atoms with E-state index in [1.54, 1.807) is 0 Å². The Kier molecular flexibility index (Phi) is 6.52. The minimum absolute atomic E-state index is 0.256. The van der Waals surface area contributed by atoms with E-state index in [0.717, 1.165) is 29.4 Å². The second kappa shape index (κ2) is 8.64. The average Bonchev–Trinajstić information content (AvgIpc) is 2.61. The molecule has 0 aliphatic heterocycles. The molecule has 0 nitrogen and oxygen atoms in total. The molecule has 2 aliphatic carbocycles. The molecule has 0 spiro atoms. The second-order valence-corrected chi connectivity index (χ2v) is 8.74. The van der Waals surface area contributed by atoms with Gasteiger partial charge in [0.15, 0.2) is 0 Å². The van der Waals surface area contributed by atoms with Crippen molar-refractivity contribution in [3.05, 3.63) is 35.4 Å². The Morgan fingerprint density at radius 3 is 1.88 bits per heavy atom. The monoisotopic (exact) mass is 348 g/mol. The average molecular weight is 349 g/mol. The summed E-state index contributed by atoms with van der Waals surface area (Å²) in [6.07, 6.45) is 13.6. The van der Waals surface area contributed by atoms with Gasteiger partial charge in [0.05, 0.1) is 0 Å². The van der Waals surface area contributed by atoms with E-state index in [2.05, 4.69) is 13.8 Å². The van der Waals surface area contributed by atoms with E-state index >= 15 is 0 Å². The van der Waals surface area contributed by atoms with E-state index in [4.69, 9.17) is 0 Å². The third-order valence-corrected chi connectivity index (χ3v) is 7.19. The highest BCUT2D eigenvalue weighted by Gasteiger charge is 2.32. The quantitative estimate of drug-likeness (QED) is 0.517. The first-order chi connectivity index (χ1) is 12.1.